The Labute approximate surface area is 123 Å². The van der Waals surface area contributed by atoms with Gasteiger partial charge in [0.25, 0.3) is 0 Å². The third-order valence-electron chi connectivity index (χ3n) is 4.06. The Morgan fingerprint density at radius 2 is 1.85 bits per heavy atom. The predicted molar refractivity (Wildman–Crippen MR) is 82.5 cm³/mol. The highest BCUT2D eigenvalue weighted by molar-refractivity contribution is 5.79. The number of nitrogens with zero attached hydrogens (tertiary/aromatic N) is 1. The number of piperidine rings is 1. The maximum atomic E-state index is 12.3. The molecule has 0 aliphatic carbocycles. The summed E-state index contributed by atoms with van der Waals surface area (Å²) in [6, 6.07) is 0.440. The molecule has 1 aliphatic rings. The molecule has 0 bridgehead atoms. The summed E-state index contributed by atoms with van der Waals surface area (Å²) in [5.74, 6) is 0.232. The number of aliphatic hydroxyl groups excluding tert-OH is 1. The molecule has 0 aromatic heterocycles. The van der Waals surface area contributed by atoms with Crippen molar-refractivity contribution in [1.29, 1.82) is 0 Å². The quantitative estimate of drug-likeness (QED) is 0.812. The number of hydrogen-bond donors (Lipinski definition) is 2. The van der Waals surface area contributed by atoms with E-state index in [9.17, 15) is 9.90 Å². The normalized spacial score (nSPS) is 20.1. The van der Waals surface area contributed by atoms with Crippen molar-refractivity contribution in [2.24, 2.45) is 11.3 Å². The van der Waals surface area contributed by atoms with E-state index in [2.05, 4.69) is 44.8 Å². The average Bonchev–Trinajstić information content (AvgIpc) is 2.36. The van der Waals surface area contributed by atoms with Gasteiger partial charge in [-0.1, -0.05) is 20.8 Å². The van der Waals surface area contributed by atoms with Crippen molar-refractivity contribution >= 4 is 5.91 Å². The monoisotopic (exact) mass is 284 g/mol. The fraction of sp³-hybridized carbons (Fsp3) is 0.938. The van der Waals surface area contributed by atoms with Crippen LogP contribution in [0.4, 0.5) is 0 Å². The summed E-state index contributed by atoms with van der Waals surface area (Å²) in [6.45, 7) is 12.8. The summed E-state index contributed by atoms with van der Waals surface area (Å²) in [4.78, 5) is 14.7. The molecule has 118 valence electrons. The lowest BCUT2D eigenvalue weighted by atomic mass is 9.87. The summed E-state index contributed by atoms with van der Waals surface area (Å²) >= 11 is 0. The van der Waals surface area contributed by atoms with E-state index in [4.69, 9.17) is 0 Å². The Kier molecular flexibility index (Phi) is 6.46. The van der Waals surface area contributed by atoms with Crippen molar-refractivity contribution in [3.05, 3.63) is 0 Å². The smallest absolute Gasteiger partial charge is 0.223 e. The molecule has 1 fully saturated rings. The molecule has 0 aromatic carbocycles. The van der Waals surface area contributed by atoms with Crippen LogP contribution in [0.15, 0.2) is 0 Å². The zero-order valence-corrected chi connectivity index (χ0v) is 13.8. The van der Waals surface area contributed by atoms with Gasteiger partial charge in [-0.2, -0.15) is 0 Å². The fourth-order valence-electron chi connectivity index (χ4n) is 2.90. The van der Waals surface area contributed by atoms with Crippen LogP contribution in [0.25, 0.3) is 0 Å². The minimum absolute atomic E-state index is 0.0217. The lowest BCUT2D eigenvalue weighted by Gasteiger charge is -2.35. The molecule has 2 N–H and O–H groups in total. The van der Waals surface area contributed by atoms with Crippen LogP contribution in [0.1, 0.15) is 53.9 Å². The highest BCUT2D eigenvalue weighted by Crippen LogP contribution is 2.22. The van der Waals surface area contributed by atoms with Crippen LogP contribution in [-0.2, 0) is 4.79 Å². The van der Waals surface area contributed by atoms with Crippen LogP contribution >= 0.6 is 0 Å². The zero-order chi connectivity index (χ0) is 15.3. The van der Waals surface area contributed by atoms with Crippen LogP contribution in [0.2, 0.25) is 0 Å². The number of nitrogens with one attached hydrogen (secondary N) is 1. The molecule has 0 saturated carbocycles. The van der Waals surface area contributed by atoms with Gasteiger partial charge in [-0.05, 0) is 51.6 Å². The van der Waals surface area contributed by atoms with Crippen molar-refractivity contribution in [2.75, 3.05) is 19.7 Å². The molecule has 1 amide bonds. The standard InChI is InChI=1S/C16H32N2O2/c1-12(2)18-8-6-13(7-9-18)15(20)17-14(11-19)10-16(3,4)5/h12-14,19H,6-11H2,1-5H3,(H,17,20). The Morgan fingerprint density at radius 1 is 1.30 bits per heavy atom. The van der Waals surface area contributed by atoms with E-state index in [-0.39, 0.29) is 29.9 Å². The molecule has 20 heavy (non-hydrogen) atoms. The minimum Gasteiger partial charge on any atom is -0.394 e. The Bertz CT molecular complexity index is 302. The molecule has 1 rings (SSSR count). The van der Waals surface area contributed by atoms with Gasteiger partial charge in [0, 0.05) is 12.0 Å². The van der Waals surface area contributed by atoms with Gasteiger partial charge in [-0.25, -0.2) is 0 Å². The first-order valence-corrected chi connectivity index (χ1v) is 7.88. The number of likely N-dealkylation sites (tertiary alicyclic amines) is 1. The molecule has 1 atom stereocenters. The lowest BCUT2D eigenvalue weighted by Crippen LogP contribution is -2.47. The van der Waals surface area contributed by atoms with E-state index >= 15 is 0 Å². The summed E-state index contributed by atoms with van der Waals surface area (Å²) in [7, 11) is 0. The maximum Gasteiger partial charge on any atom is 0.223 e. The van der Waals surface area contributed by atoms with Crippen molar-refractivity contribution in [3.8, 4) is 0 Å². The van der Waals surface area contributed by atoms with E-state index in [1.54, 1.807) is 0 Å². The number of amides is 1. The Morgan fingerprint density at radius 3 is 2.25 bits per heavy atom. The first-order chi connectivity index (χ1) is 9.23. The number of carbonyl (C=O) groups excluding carboxylic acids is 1. The van der Waals surface area contributed by atoms with Crippen LogP contribution in [0.5, 0.6) is 0 Å². The van der Waals surface area contributed by atoms with Gasteiger partial charge in [0.1, 0.15) is 0 Å². The van der Waals surface area contributed by atoms with Crippen LogP contribution < -0.4 is 5.32 Å². The Balaban J connectivity index is 2.43. The molecule has 4 heteroatoms. The molecular formula is C16H32N2O2. The second kappa shape index (κ2) is 7.41. The fourth-order valence-corrected chi connectivity index (χ4v) is 2.90. The van der Waals surface area contributed by atoms with E-state index < -0.39 is 0 Å². The second-order valence-corrected chi connectivity index (χ2v) is 7.56. The van der Waals surface area contributed by atoms with Gasteiger partial charge in [0.2, 0.25) is 5.91 Å². The molecule has 0 radical (unpaired) electrons. The minimum atomic E-state index is -0.120. The average molecular weight is 284 g/mol. The van der Waals surface area contributed by atoms with E-state index in [0.29, 0.717) is 6.04 Å². The lowest BCUT2D eigenvalue weighted by molar-refractivity contribution is -0.127. The van der Waals surface area contributed by atoms with Crippen LogP contribution in [0, 0.1) is 11.3 Å². The molecule has 1 aliphatic heterocycles. The van der Waals surface area contributed by atoms with Gasteiger partial charge < -0.3 is 15.3 Å². The van der Waals surface area contributed by atoms with Crippen molar-refractivity contribution in [2.45, 2.75) is 66.0 Å². The van der Waals surface area contributed by atoms with Gasteiger partial charge in [-0.15, -0.1) is 0 Å². The van der Waals surface area contributed by atoms with E-state index in [1.807, 2.05) is 0 Å². The largest absolute Gasteiger partial charge is 0.394 e. The third kappa shape index (κ3) is 5.80. The van der Waals surface area contributed by atoms with Crippen molar-refractivity contribution < 1.29 is 9.90 Å². The number of carbonyl (C=O) groups is 1. The maximum absolute atomic E-state index is 12.3. The van der Waals surface area contributed by atoms with Gasteiger partial charge >= 0.3 is 0 Å². The SMILES string of the molecule is CC(C)N1CCC(C(=O)NC(CO)CC(C)(C)C)CC1. The highest BCUT2D eigenvalue weighted by Gasteiger charge is 2.28. The third-order valence-corrected chi connectivity index (χ3v) is 4.06. The number of aliphatic hydroxyl groups is 1. The molecular weight excluding hydrogens is 252 g/mol. The molecule has 1 heterocycles. The van der Waals surface area contributed by atoms with Gasteiger partial charge in [0.15, 0.2) is 0 Å². The van der Waals surface area contributed by atoms with Crippen LogP contribution in [0.3, 0.4) is 0 Å². The van der Waals surface area contributed by atoms with E-state index in [1.165, 1.54) is 0 Å². The molecule has 0 aromatic rings. The number of rotatable bonds is 5. The number of hydrogen-bond acceptors (Lipinski definition) is 3. The Hall–Kier alpha value is -0.610. The van der Waals surface area contributed by atoms with Crippen molar-refractivity contribution in [1.82, 2.24) is 10.2 Å². The van der Waals surface area contributed by atoms with E-state index in [0.717, 1.165) is 32.4 Å². The zero-order valence-electron chi connectivity index (χ0n) is 13.8. The summed E-state index contributed by atoms with van der Waals surface area (Å²) in [5.41, 5.74) is 0.113. The second-order valence-electron chi connectivity index (χ2n) is 7.56. The van der Waals surface area contributed by atoms with Gasteiger partial charge in [0.05, 0.1) is 12.6 Å². The molecule has 1 saturated heterocycles. The molecule has 4 nitrogen and oxygen atoms in total. The van der Waals surface area contributed by atoms with Gasteiger partial charge in [-0.3, -0.25) is 4.79 Å². The molecule has 1 unspecified atom stereocenters. The van der Waals surface area contributed by atoms with Crippen molar-refractivity contribution in [3.63, 3.8) is 0 Å². The first kappa shape index (κ1) is 17.4. The van der Waals surface area contributed by atoms with Crippen LogP contribution in [-0.4, -0.2) is 47.7 Å². The summed E-state index contributed by atoms with van der Waals surface area (Å²) in [5, 5.41) is 12.5. The first-order valence-electron chi connectivity index (χ1n) is 7.88. The predicted octanol–water partition coefficient (Wildman–Crippen LogP) is 2.02. The molecule has 0 spiro atoms. The summed E-state index contributed by atoms with van der Waals surface area (Å²) < 4.78 is 0. The topological polar surface area (TPSA) is 52.6 Å². The highest BCUT2D eigenvalue weighted by atomic mass is 16.3. The summed E-state index contributed by atoms with van der Waals surface area (Å²) in [6.07, 6.45) is 2.66.